The number of carboxylic acid groups (broad SMARTS) is 1. The van der Waals surface area contributed by atoms with Gasteiger partial charge in [0.25, 0.3) is 5.56 Å². The topological polar surface area (TPSA) is 149 Å². The Morgan fingerprint density at radius 2 is 2.10 bits per heavy atom. The molecule has 0 aliphatic rings. The van der Waals surface area contributed by atoms with Crippen LogP contribution in [0.3, 0.4) is 0 Å². The number of carboxylic acids is 1. The number of hydrogen-bond acceptors (Lipinski definition) is 5. The molecule has 0 aliphatic carbocycles. The summed E-state index contributed by atoms with van der Waals surface area (Å²) in [7, 11) is -4.20. The predicted octanol–water partition coefficient (Wildman–Crippen LogP) is -1.02. The molecule has 1 unspecified atom stereocenters. The number of rotatable bonds is 7. The van der Waals surface area contributed by atoms with Crippen LogP contribution in [0.15, 0.2) is 20.7 Å². The van der Waals surface area contributed by atoms with Gasteiger partial charge in [0.2, 0.25) is 10.0 Å². The van der Waals surface area contributed by atoms with E-state index in [1.165, 1.54) is 0 Å². The molecule has 1 aromatic heterocycles. The van der Waals surface area contributed by atoms with Crippen LogP contribution in [0.1, 0.15) is 26.2 Å². The summed E-state index contributed by atoms with van der Waals surface area (Å²) in [5.41, 5.74) is -1.89. The van der Waals surface area contributed by atoms with E-state index in [1.54, 1.807) is 11.9 Å². The summed E-state index contributed by atoms with van der Waals surface area (Å²) in [4.78, 5) is 36.1. The van der Waals surface area contributed by atoms with Gasteiger partial charge >= 0.3 is 11.7 Å². The number of hydrogen-bond donors (Lipinski definition) is 4. The third-order valence-electron chi connectivity index (χ3n) is 2.45. The van der Waals surface area contributed by atoms with Gasteiger partial charge in [-0.25, -0.2) is 17.9 Å². The lowest BCUT2D eigenvalue weighted by molar-refractivity contribution is -0.137. The molecule has 0 aliphatic heterocycles. The molecule has 1 atom stereocenters. The van der Waals surface area contributed by atoms with Gasteiger partial charge in [-0.1, -0.05) is 13.3 Å². The molecule has 1 heterocycles. The molecule has 0 saturated heterocycles. The van der Waals surface area contributed by atoms with Crippen molar-refractivity contribution in [1.82, 2.24) is 14.7 Å². The van der Waals surface area contributed by atoms with Gasteiger partial charge in [-0.2, -0.15) is 0 Å². The number of aromatic amines is 2. The molecule has 0 spiro atoms. The minimum atomic E-state index is -4.20. The van der Waals surface area contributed by atoms with Gasteiger partial charge in [0.1, 0.15) is 0 Å². The highest BCUT2D eigenvalue weighted by Crippen LogP contribution is 2.07. The van der Waals surface area contributed by atoms with Crippen molar-refractivity contribution in [1.29, 1.82) is 0 Å². The standard InChI is InChI=1S/C10H15N3O6S/c1-2-3-6(4-8(14)15)13-20(18,19)7-5-11-10(17)12-9(7)16/h5-6,13H,2-4H2,1H3,(H,14,15)(H2,11,12,16,17). The Bertz CT molecular complexity index is 689. The fourth-order valence-electron chi connectivity index (χ4n) is 1.64. The van der Waals surface area contributed by atoms with Crippen molar-refractivity contribution in [2.45, 2.75) is 37.1 Å². The molecule has 0 saturated carbocycles. The van der Waals surface area contributed by atoms with Gasteiger partial charge in [0, 0.05) is 12.2 Å². The van der Waals surface area contributed by atoms with Crippen molar-refractivity contribution in [3.05, 3.63) is 27.0 Å². The van der Waals surface area contributed by atoms with Crippen LogP contribution in [-0.4, -0.2) is 35.5 Å². The van der Waals surface area contributed by atoms with E-state index in [-0.39, 0.29) is 0 Å². The van der Waals surface area contributed by atoms with Crippen molar-refractivity contribution in [2.24, 2.45) is 0 Å². The van der Waals surface area contributed by atoms with Gasteiger partial charge in [-0.05, 0) is 6.42 Å². The maximum absolute atomic E-state index is 12.0. The molecule has 0 amide bonds. The van der Waals surface area contributed by atoms with Gasteiger partial charge in [-0.15, -0.1) is 0 Å². The van der Waals surface area contributed by atoms with E-state index in [4.69, 9.17) is 5.11 Å². The third-order valence-corrected chi connectivity index (χ3v) is 3.98. The smallest absolute Gasteiger partial charge is 0.325 e. The van der Waals surface area contributed by atoms with Crippen molar-refractivity contribution in [2.75, 3.05) is 0 Å². The SMILES string of the molecule is CCCC(CC(=O)O)NS(=O)(=O)c1c[nH]c(=O)[nH]c1=O. The molecule has 112 valence electrons. The van der Waals surface area contributed by atoms with Gasteiger partial charge in [0.05, 0.1) is 6.42 Å². The summed E-state index contributed by atoms with van der Waals surface area (Å²) in [5.74, 6) is -1.15. The number of nitrogens with one attached hydrogen (secondary N) is 3. The zero-order chi connectivity index (χ0) is 15.3. The van der Waals surface area contributed by atoms with Crippen LogP contribution >= 0.6 is 0 Å². The van der Waals surface area contributed by atoms with Gasteiger partial charge in [-0.3, -0.25) is 14.6 Å². The highest BCUT2D eigenvalue weighted by atomic mass is 32.2. The Kier molecular flexibility index (Phi) is 5.22. The monoisotopic (exact) mass is 305 g/mol. The normalized spacial score (nSPS) is 13.1. The molecular weight excluding hydrogens is 290 g/mol. The maximum Gasteiger partial charge on any atom is 0.325 e. The summed E-state index contributed by atoms with van der Waals surface area (Å²) in [5, 5.41) is 8.72. The molecule has 10 heteroatoms. The van der Waals surface area contributed by atoms with E-state index in [0.29, 0.717) is 12.8 Å². The molecule has 9 nitrogen and oxygen atoms in total. The molecule has 0 fully saturated rings. The minimum absolute atomic E-state index is 0.312. The van der Waals surface area contributed by atoms with E-state index in [1.807, 2.05) is 4.98 Å². The van der Waals surface area contributed by atoms with Crippen LogP contribution in [0.5, 0.6) is 0 Å². The number of H-pyrrole nitrogens is 2. The summed E-state index contributed by atoms with van der Waals surface area (Å²) in [6, 6.07) is -0.825. The first-order valence-corrected chi connectivity index (χ1v) is 7.30. The first-order valence-electron chi connectivity index (χ1n) is 5.82. The quantitative estimate of drug-likeness (QED) is 0.507. The second-order valence-corrected chi connectivity index (χ2v) is 5.82. The van der Waals surface area contributed by atoms with E-state index < -0.39 is 44.6 Å². The summed E-state index contributed by atoms with van der Waals surface area (Å²) in [6.07, 6.45) is 1.26. The molecule has 0 aromatic carbocycles. The molecule has 1 aromatic rings. The number of aliphatic carboxylic acids is 1. The van der Waals surface area contributed by atoms with Crippen LogP contribution in [0.4, 0.5) is 0 Å². The lowest BCUT2D eigenvalue weighted by atomic mass is 10.1. The van der Waals surface area contributed by atoms with Crippen LogP contribution < -0.4 is 16.0 Å². The fourth-order valence-corrected chi connectivity index (χ4v) is 2.92. The Morgan fingerprint density at radius 3 is 2.60 bits per heavy atom. The highest BCUT2D eigenvalue weighted by molar-refractivity contribution is 7.89. The van der Waals surface area contributed by atoms with Crippen LogP contribution in [0.25, 0.3) is 0 Å². The number of aromatic nitrogens is 2. The van der Waals surface area contributed by atoms with Gasteiger partial charge < -0.3 is 10.1 Å². The molecule has 20 heavy (non-hydrogen) atoms. The maximum atomic E-state index is 12.0. The van der Waals surface area contributed by atoms with Crippen molar-refractivity contribution < 1.29 is 18.3 Å². The third kappa shape index (κ3) is 4.31. The summed E-state index contributed by atoms with van der Waals surface area (Å²) in [6.45, 7) is 1.77. The average molecular weight is 305 g/mol. The lowest BCUT2D eigenvalue weighted by Crippen LogP contribution is -2.39. The largest absolute Gasteiger partial charge is 0.481 e. The first-order chi connectivity index (χ1) is 9.26. The zero-order valence-corrected chi connectivity index (χ0v) is 11.5. The second-order valence-electron chi connectivity index (χ2n) is 4.14. The Morgan fingerprint density at radius 1 is 1.45 bits per heavy atom. The van der Waals surface area contributed by atoms with E-state index in [0.717, 1.165) is 6.20 Å². The van der Waals surface area contributed by atoms with Crippen molar-refractivity contribution in [3.8, 4) is 0 Å². The molecule has 0 radical (unpaired) electrons. The second kappa shape index (κ2) is 6.48. The molecule has 1 rings (SSSR count). The highest BCUT2D eigenvalue weighted by Gasteiger charge is 2.24. The Hall–Kier alpha value is -1.94. The summed E-state index contributed by atoms with van der Waals surface area (Å²) < 4.78 is 26.1. The molecular formula is C10H15N3O6S. The zero-order valence-electron chi connectivity index (χ0n) is 10.7. The first kappa shape index (κ1) is 16.1. The number of carbonyl (C=O) groups is 1. The van der Waals surface area contributed by atoms with E-state index in [9.17, 15) is 22.8 Å². The van der Waals surface area contributed by atoms with Crippen LogP contribution in [-0.2, 0) is 14.8 Å². The summed E-state index contributed by atoms with van der Waals surface area (Å²) >= 11 is 0. The lowest BCUT2D eigenvalue weighted by Gasteiger charge is -2.15. The Labute approximate surface area is 114 Å². The minimum Gasteiger partial charge on any atom is -0.481 e. The van der Waals surface area contributed by atoms with Gasteiger partial charge in [0.15, 0.2) is 4.90 Å². The van der Waals surface area contributed by atoms with E-state index in [2.05, 4.69) is 4.72 Å². The number of sulfonamides is 1. The molecule has 0 bridgehead atoms. The van der Waals surface area contributed by atoms with Crippen LogP contribution in [0, 0.1) is 0 Å². The molecule has 4 N–H and O–H groups in total. The van der Waals surface area contributed by atoms with Crippen LogP contribution in [0.2, 0.25) is 0 Å². The average Bonchev–Trinajstić information content (AvgIpc) is 2.26. The van der Waals surface area contributed by atoms with Crippen molar-refractivity contribution in [3.63, 3.8) is 0 Å². The van der Waals surface area contributed by atoms with E-state index >= 15 is 0 Å². The fraction of sp³-hybridized carbons (Fsp3) is 0.500. The predicted molar refractivity (Wildman–Crippen MR) is 69.0 cm³/mol. The van der Waals surface area contributed by atoms with Crippen molar-refractivity contribution >= 4 is 16.0 Å². The Balaban J connectivity index is 3.06.